The van der Waals surface area contributed by atoms with Crippen LogP contribution in [-0.4, -0.2) is 18.7 Å². The first-order valence-electron chi connectivity index (χ1n) is 34.4. The van der Waals surface area contributed by atoms with E-state index < -0.39 is 0 Å². The Kier molecular flexibility index (Phi) is 15.6. The SMILES string of the molecule is Clc1cc(-c2ccc(-c3ccccc3)cc2)cc(-c2ccc3c(c2)c2ccccc2n3-c2ccccc2)c1.c1ccc(-c2ccc(-c3cc(-c4ccc5c(c4)c4ccccc4n5-c4ccccc4)cc(-n4c5ccccc5c5ccccc54)c3)cc2)cc1.c1ccc2c(c1)[nH]c1ccccc12. The Labute approximate surface area is 590 Å². The van der Waals surface area contributed by atoms with Gasteiger partial charge in [0.25, 0.3) is 0 Å². The third-order valence-corrected chi connectivity index (χ3v) is 20.0. The van der Waals surface area contributed by atoms with Gasteiger partial charge in [0.2, 0.25) is 0 Å². The van der Waals surface area contributed by atoms with Gasteiger partial charge in [0.15, 0.2) is 0 Å². The van der Waals surface area contributed by atoms with Crippen molar-refractivity contribution in [1.29, 1.82) is 0 Å². The van der Waals surface area contributed by atoms with Gasteiger partial charge < -0.3 is 18.7 Å². The molecule has 4 aromatic heterocycles. The third-order valence-electron chi connectivity index (χ3n) is 19.8. The molecular weight excluding hydrogens is 1240 g/mol. The average Bonchev–Trinajstić information content (AvgIpc) is 1.61. The second-order valence-corrected chi connectivity index (χ2v) is 26.2. The average molecular weight is 1310 g/mol. The summed E-state index contributed by atoms with van der Waals surface area (Å²) in [7, 11) is 0. The molecule has 0 bridgehead atoms. The van der Waals surface area contributed by atoms with Gasteiger partial charge in [-0.05, 0) is 188 Å². The highest BCUT2D eigenvalue weighted by Crippen LogP contribution is 2.42. The molecule has 0 fully saturated rings. The summed E-state index contributed by atoms with van der Waals surface area (Å²) >= 11 is 6.67. The summed E-state index contributed by atoms with van der Waals surface area (Å²) in [4.78, 5) is 3.38. The number of H-pyrrole nitrogens is 1. The molecule has 4 nitrogen and oxygen atoms in total. The zero-order chi connectivity index (χ0) is 67.2. The highest BCUT2D eigenvalue weighted by Gasteiger charge is 2.19. The molecule has 0 aliphatic carbocycles. The predicted molar refractivity (Wildman–Crippen MR) is 429 cm³/mol. The Morgan fingerprint density at radius 1 is 0.168 bits per heavy atom. The van der Waals surface area contributed by atoms with Crippen LogP contribution in [0.5, 0.6) is 0 Å². The Morgan fingerprint density at radius 2 is 0.426 bits per heavy atom. The first-order valence-corrected chi connectivity index (χ1v) is 34.8. The van der Waals surface area contributed by atoms with Crippen LogP contribution < -0.4 is 0 Å². The number of para-hydroxylation sites is 8. The Morgan fingerprint density at radius 3 is 0.822 bits per heavy atom. The van der Waals surface area contributed by atoms with Crippen LogP contribution in [0.3, 0.4) is 0 Å². The lowest BCUT2D eigenvalue weighted by molar-refractivity contribution is 1.18. The molecule has 1 N–H and O–H groups in total. The van der Waals surface area contributed by atoms with Crippen LogP contribution in [0.4, 0.5) is 0 Å². The van der Waals surface area contributed by atoms with Gasteiger partial charge in [-0.15, -0.1) is 0 Å². The molecule has 20 aromatic rings. The number of hydrogen-bond acceptors (Lipinski definition) is 0. The summed E-state index contributed by atoms with van der Waals surface area (Å²) in [5, 5.41) is 10.8. The zero-order valence-electron chi connectivity index (χ0n) is 55.2. The number of fused-ring (bicyclic) bond motifs is 12. The molecule has 0 amide bonds. The van der Waals surface area contributed by atoms with Crippen LogP contribution in [0.1, 0.15) is 0 Å². The van der Waals surface area contributed by atoms with Crippen LogP contribution in [0.15, 0.2) is 388 Å². The maximum Gasteiger partial charge on any atom is 0.0541 e. The number of nitrogens with zero attached hydrogens (tertiary/aromatic N) is 3. The summed E-state index contributed by atoms with van der Waals surface area (Å²) in [5.74, 6) is 0. The molecule has 20 rings (SSSR count). The molecule has 0 aliphatic heterocycles. The minimum atomic E-state index is 0.733. The first kappa shape index (κ1) is 60.4. The fraction of sp³-hybridized carbons (Fsp3) is 0. The maximum absolute atomic E-state index is 6.67. The molecule has 476 valence electrons. The van der Waals surface area contributed by atoms with Crippen LogP contribution in [0.2, 0.25) is 5.02 Å². The van der Waals surface area contributed by atoms with Crippen molar-refractivity contribution >= 4 is 98.8 Å². The number of nitrogens with one attached hydrogen (secondary N) is 1. The molecule has 16 aromatic carbocycles. The highest BCUT2D eigenvalue weighted by atomic mass is 35.5. The molecule has 0 saturated heterocycles. The van der Waals surface area contributed by atoms with Crippen LogP contribution in [0, 0.1) is 0 Å². The maximum atomic E-state index is 6.67. The van der Waals surface area contributed by atoms with Crippen molar-refractivity contribution in [3.8, 4) is 83.8 Å². The van der Waals surface area contributed by atoms with E-state index in [9.17, 15) is 0 Å². The number of halogens is 1. The van der Waals surface area contributed by atoms with Crippen LogP contribution in [0.25, 0.3) is 171 Å². The van der Waals surface area contributed by atoms with E-state index in [0.29, 0.717) is 0 Å². The monoisotopic (exact) mass is 1310 g/mol. The predicted octanol–water partition coefficient (Wildman–Crippen LogP) is 26.6. The highest BCUT2D eigenvalue weighted by molar-refractivity contribution is 6.31. The quantitative estimate of drug-likeness (QED) is 0.149. The number of aromatic nitrogens is 4. The Bertz CT molecular complexity index is 6320. The molecule has 0 aliphatic rings. The summed E-state index contributed by atoms with van der Waals surface area (Å²) in [6.07, 6.45) is 0. The minimum absolute atomic E-state index is 0.733. The van der Waals surface area contributed by atoms with E-state index >= 15 is 0 Å². The molecule has 0 radical (unpaired) electrons. The number of aromatic amines is 1. The molecule has 4 heterocycles. The summed E-state index contributed by atoms with van der Waals surface area (Å²) in [5.41, 5.74) is 27.3. The summed E-state index contributed by atoms with van der Waals surface area (Å²) < 4.78 is 7.14. The van der Waals surface area contributed by atoms with Gasteiger partial charge in [-0.1, -0.05) is 279 Å². The summed E-state index contributed by atoms with van der Waals surface area (Å²) in [6.45, 7) is 0. The topological polar surface area (TPSA) is 30.6 Å². The van der Waals surface area contributed by atoms with Gasteiger partial charge in [0.05, 0.1) is 33.1 Å². The molecule has 101 heavy (non-hydrogen) atoms. The van der Waals surface area contributed by atoms with Crippen molar-refractivity contribution in [3.05, 3.63) is 393 Å². The van der Waals surface area contributed by atoms with Crippen molar-refractivity contribution in [3.63, 3.8) is 0 Å². The van der Waals surface area contributed by atoms with E-state index in [-0.39, 0.29) is 0 Å². The lowest BCUT2D eigenvalue weighted by Gasteiger charge is -2.15. The third kappa shape index (κ3) is 11.4. The first-order chi connectivity index (χ1) is 50.0. The van der Waals surface area contributed by atoms with Crippen molar-refractivity contribution < 1.29 is 0 Å². The fourth-order valence-electron chi connectivity index (χ4n) is 15.0. The molecule has 5 heteroatoms. The van der Waals surface area contributed by atoms with E-state index in [2.05, 4.69) is 395 Å². The Hall–Kier alpha value is -13.0. The standard InChI is InChI=1S/C48H32N2.C36H24ClN.C12H9N/c1-3-13-33(14-4-1)34-23-25-35(26-24-34)37-29-38(31-40(30-37)50-45-20-10-7-17-41(45)42-18-8-11-21-46(42)50)36-27-28-48-44(32-36)43-19-9-12-22-47(43)49(48)39-15-5-2-6-16-39;37-31-22-29(27-17-15-26(16-18-27)25-9-3-1-4-10-25)21-30(23-31)28-19-20-36-34(24-28)33-13-7-8-14-35(33)38(36)32-11-5-2-6-12-32;1-3-7-11-9(5-1)10-6-2-4-8-12(10)13-11/h1-32H;1-24H;1-8,13H. The smallest absolute Gasteiger partial charge is 0.0541 e. The van der Waals surface area contributed by atoms with Crippen LogP contribution >= 0.6 is 11.6 Å². The van der Waals surface area contributed by atoms with Crippen LogP contribution in [-0.2, 0) is 0 Å². The molecule has 0 spiro atoms. The second-order valence-electron chi connectivity index (χ2n) is 25.8. The van der Waals surface area contributed by atoms with E-state index in [1.807, 2.05) is 12.1 Å². The Balaban J connectivity index is 0.000000126. The van der Waals surface area contributed by atoms with Crippen molar-refractivity contribution in [2.24, 2.45) is 0 Å². The van der Waals surface area contributed by atoms with Gasteiger partial charge >= 0.3 is 0 Å². The van der Waals surface area contributed by atoms with Gasteiger partial charge in [-0.2, -0.15) is 0 Å². The number of rotatable bonds is 9. The number of benzene rings is 16. The second kappa shape index (κ2) is 26.1. The normalized spacial score (nSPS) is 11.4. The molecule has 0 unspecified atom stereocenters. The molecule has 0 saturated carbocycles. The van der Waals surface area contributed by atoms with E-state index in [0.717, 1.165) is 38.7 Å². The van der Waals surface area contributed by atoms with Gasteiger partial charge in [0.1, 0.15) is 0 Å². The van der Waals surface area contributed by atoms with Crippen molar-refractivity contribution in [2.75, 3.05) is 0 Å². The minimum Gasteiger partial charge on any atom is -0.355 e. The number of hydrogen-bond donors (Lipinski definition) is 1. The van der Waals surface area contributed by atoms with Gasteiger partial charge in [0, 0.05) is 76.2 Å². The fourth-order valence-corrected chi connectivity index (χ4v) is 15.2. The zero-order valence-corrected chi connectivity index (χ0v) is 55.9. The van der Waals surface area contributed by atoms with Gasteiger partial charge in [-0.3, -0.25) is 0 Å². The summed E-state index contributed by atoms with van der Waals surface area (Å²) in [6, 6.07) is 139. The lowest BCUT2D eigenvalue weighted by atomic mass is 9.95. The van der Waals surface area contributed by atoms with Crippen molar-refractivity contribution in [2.45, 2.75) is 0 Å². The van der Waals surface area contributed by atoms with E-state index in [1.165, 1.54) is 137 Å². The van der Waals surface area contributed by atoms with Crippen molar-refractivity contribution in [1.82, 2.24) is 18.7 Å². The van der Waals surface area contributed by atoms with E-state index in [1.54, 1.807) is 0 Å². The molecular formula is C96H65ClN4. The van der Waals surface area contributed by atoms with E-state index in [4.69, 9.17) is 11.6 Å². The molecule has 0 atom stereocenters. The largest absolute Gasteiger partial charge is 0.355 e. The van der Waals surface area contributed by atoms with Gasteiger partial charge in [-0.25, -0.2) is 0 Å². The lowest BCUT2D eigenvalue weighted by Crippen LogP contribution is -1.96.